The number of nitrogens with one attached hydrogen (secondary N) is 2. The fraction of sp³-hybridized carbons (Fsp3) is 0.143. The van der Waals surface area contributed by atoms with Crippen LogP contribution in [-0.2, 0) is 0 Å². The Morgan fingerprint density at radius 1 is 1.04 bits per heavy atom. The Balaban J connectivity index is 1.82. The van der Waals surface area contributed by atoms with Crippen molar-refractivity contribution in [1.82, 2.24) is 9.97 Å². The van der Waals surface area contributed by atoms with E-state index >= 15 is 0 Å². The molecule has 0 radical (unpaired) electrons. The summed E-state index contributed by atoms with van der Waals surface area (Å²) < 4.78 is 0. The minimum atomic E-state index is -0.294. The van der Waals surface area contributed by atoms with E-state index in [0.717, 1.165) is 22.5 Å². The Bertz CT molecular complexity index is 1040. The van der Waals surface area contributed by atoms with E-state index in [9.17, 15) is 4.79 Å². The lowest BCUT2D eigenvalue weighted by Gasteiger charge is -2.11. The van der Waals surface area contributed by atoms with Crippen LogP contribution in [0.2, 0.25) is 0 Å². The van der Waals surface area contributed by atoms with Gasteiger partial charge < -0.3 is 10.6 Å². The molecule has 0 spiro atoms. The monoisotopic (exact) mass is 357 g/mol. The van der Waals surface area contributed by atoms with E-state index in [4.69, 9.17) is 5.26 Å². The molecule has 1 heterocycles. The molecule has 0 aliphatic carbocycles. The second kappa shape index (κ2) is 7.67. The number of hydrogen-bond acceptors (Lipinski definition) is 5. The van der Waals surface area contributed by atoms with Crippen molar-refractivity contribution in [3.8, 4) is 6.07 Å². The van der Waals surface area contributed by atoms with Crippen LogP contribution in [0.1, 0.15) is 33.0 Å². The predicted molar refractivity (Wildman–Crippen MR) is 105 cm³/mol. The van der Waals surface area contributed by atoms with Crippen LogP contribution in [0, 0.1) is 32.1 Å². The predicted octanol–water partition coefficient (Wildman–Crippen LogP) is 4.27. The first kappa shape index (κ1) is 18.1. The molecule has 0 bridgehead atoms. The normalized spacial score (nSPS) is 10.1. The van der Waals surface area contributed by atoms with E-state index in [1.54, 1.807) is 37.3 Å². The number of amides is 1. The Morgan fingerprint density at radius 3 is 2.48 bits per heavy atom. The fourth-order valence-electron chi connectivity index (χ4n) is 2.60. The minimum absolute atomic E-state index is 0.277. The van der Waals surface area contributed by atoms with Gasteiger partial charge in [0.2, 0.25) is 0 Å². The highest BCUT2D eigenvalue weighted by Crippen LogP contribution is 2.20. The molecule has 2 aromatic carbocycles. The van der Waals surface area contributed by atoms with Crippen LogP contribution in [-0.4, -0.2) is 15.9 Å². The third kappa shape index (κ3) is 4.28. The van der Waals surface area contributed by atoms with Gasteiger partial charge in [0.25, 0.3) is 5.91 Å². The van der Waals surface area contributed by atoms with Crippen LogP contribution in [0.3, 0.4) is 0 Å². The molecule has 134 valence electrons. The molecule has 2 N–H and O–H groups in total. The molecule has 0 fully saturated rings. The average molecular weight is 357 g/mol. The zero-order chi connectivity index (χ0) is 19.4. The van der Waals surface area contributed by atoms with Gasteiger partial charge in [-0.15, -0.1) is 0 Å². The van der Waals surface area contributed by atoms with Gasteiger partial charge in [-0.1, -0.05) is 12.1 Å². The van der Waals surface area contributed by atoms with E-state index in [1.807, 2.05) is 32.0 Å². The molecule has 3 aromatic rings. The molecule has 6 heteroatoms. The summed E-state index contributed by atoms with van der Waals surface area (Å²) in [7, 11) is 0. The summed E-state index contributed by atoms with van der Waals surface area (Å²) >= 11 is 0. The largest absolute Gasteiger partial charge is 0.340 e. The van der Waals surface area contributed by atoms with E-state index < -0.39 is 0 Å². The Hall–Kier alpha value is -3.72. The summed E-state index contributed by atoms with van der Waals surface area (Å²) in [4.78, 5) is 21.2. The maximum Gasteiger partial charge on any atom is 0.274 e. The van der Waals surface area contributed by atoms with Gasteiger partial charge in [0.15, 0.2) is 0 Å². The van der Waals surface area contributed by atoms with E-state index in [-0.39, 0.29) is 11.6 Å². The average Bonchev–Trinajstić information content (AvgIpc) is 2.65. The van der Waals surface area contributed by atoms with Crippen molar-refractivity contribution in [2.45, 2.75) is 20.8 Å². The van der Waals surface area contributed by atoms with Crippen LogP contribution in [0.25, 0.3) is 0 Å². The first-order valence-corrected chi connectivity index (χ1v) is 8.46. The molecule has 6 nitrogen and oxygen atoms in total. The molecule has 1 amide bonds. The number of aromatic nitrogens is 2. The second-order valence-electron chi connectivity index (χ2n) is 6.20. The number of carbonyl (C=O) groups is 1. The van der Waals surface area contributed by atoms with Crippen molar-refractivity contribution in [3.63, 3.8) is 0 Å². The molecular formula is C21H19N5O. The summed E-state index contributed by atoms with van der Waals surface area (Å²) in [5, 5.41) is 14.9. The van der Waals surface area contributed by atoms with Gasteiger partial charge in [0.1, 0.15) is 17.3 Å². The summed E-state index contributed by atoms with van der Waals surface area (Å²) in [5.74, 6) is 0.704. The number of rotatable bonds is 4. The SMILES string of the molecule is Cc1nc(Nc2ccc(C#N)cc2)cc(C(=O)Nc2cccc(C)c2C)n1. The highest BCUT2D eigenvalue weighted by Gasteiger charge is 2.13. The summed E-state index contributed by atoms with van der Waals surface area (Å²) in [6, 6.07) is 16.4. The first-order valence-electron chi connectivity index (χ1n) is 8.46. The number of hydrogen-bond donors (Lipinski definition) is 2. The zero-order valence-electron chi connectivity index (χ0n) is 15.4. The molecule has 0 saturated heterocycles. The molecule has 3 rings (SSSR count). The molecule has 1 aromatic heterocycles. The third-order valence-corrected chi connectivity index (χ3v) is 4.21. The smallest absolute Gasteiger partial charge is 0.274 e. The fourth-order valence-corrected chi connectivity index (χ4v) is 2.60. The van der Waals surface area contributed by atoms with Gasteiger partial charge in [0.05, 0.1) is 11.6 Å². The standard InChI is InChI=1S/C21H19N5O/c1-13-5-4-6-18(14(13)2)26-21(27)19-11-20(24-15(3)23-19)25-17-9-7-16(12-22)8-10-17/h4-11H,1-3H3,(H,26,27)(H,23,24,25). The zero-order valence-corrected chi connectivity index (χ0v) is 15.4. The summed E-state index contributed by atoms with van der Waals surface area (Å²) in [6.45, 7) is 5.70. The van der Waals surface area contributed by atoms with E-state index in [1.165, 1.54) is 0 Å². The molecule has 27 heavy (non-hydrogen) atoms. The summed E-state index contributed by atoms with van der Waals surface area (Å²) in [6.07, 6.45) is 0. The highest BCUT2D eigenvalue weighted by molar-refractivity contribution is 6.03. The van der Waals surface area contributed by atoms with Crippen molar-refractivity contribution in [3.05, 3.63) is 76.7 Å². The van der Waals surface area contributed by atoms with Gasteiger partial charge in [-0.3, -0.25) is 4.79 Å². The maximum absolute atomic E-state index is 12.7. The van der Waals surface area contributed by atoms with Crippen LogP contribution < -0.4 is 10.6 Å². The van der Waals surface area contributed by atoms with Gasteiger partial charge in [-0.2, -0.15) is 5.26 Å². The van der Waals surface area contributed by atoms with E-state index in [0.29, 0.717) is 17.2 Å². The summed E-state index contributed by atoms with van der Waals surface area (Å²) in [5.41, 5.74) is 4.51. The first-order chi connectivity index (χ1) is 13.0. The molecule has 0 saturated carbocycles. The van der Waals surface area contributed by atoms with Gasteiger partial charge in [-0.25, -0.2) is 9.97 Å². The maximum atomic E-state index is 12.7. The molecule has 0 aliphatic rings. The lowest BCUT2D eigenvalue weighted by molar-refractivity contribution is 0.102. The van der Waals surface area contributed by atoms with Crippen LogP contribution in [0.15, 0.2) is 48.5 Å². The molecule has 0 aliphatic heterocycles. The van der Waals surface area contributed by atoms with Crippen molar-refractivity contribution >= 4 is 23.1 Å². The van der Waals surface area contributed by atoms with Gasteiger partial charge in [0, 0.05) is 17.4 Å². The van der Waals surface area contributed by atoms with Crippen LogP contribution in [0.4, 0.5) is 17.2 Å². The number of carbonyl (C=O) groups excluding carboxylic acids is 1. The molecule has 0 atom stereocenters. The number of nitrogens with zero attached hydrogens (tertiary/aromatic N) is 3. The minimum Gasteiger partial charge on any atom is -0.340 e. The lowest BCUT2D eigenvalue weighted by Crippen LogP contribution is -2.16. The number of anilines is 3. The molecule has 0 unspecified atom stereocenters. The van der Waals surface area contributed by atoms with Gasteiger partial charge in [-0.05, 0) is 62.2 Å². The lowest BCUT2D eigenvalue weighted by atomic mass is 10.1. The van der Waals surface area contributed by atoms with Crippen LogP contribution >= 0.6 is 0 Å². The molecular weight excluding hydrogens is 338 g/mol. The third-order valence-electron chi connectivity index (χ3n) is 4.21. The quantitative estimate of drug-likeness (QED) is 0.728. The van der Waals surface area contributed by atoms with Crippen molar-refractivity contribution in [2.24, 2.45) is 0 Å². The Labute approximate surface area is 157 Å². The van der Waals surface area contributed by atoms with Crippen molar-refractivity contribution in [1.29, 1.82) is 5.26 Å². The van der Waals surface area contributed by atoms with Crippen molar-refractivity contribution in [2.75, 3.05) is 10.6 Å². The number of benzene rings is 2. The topological polar surface area (TPSA) is 90.7 Å². The number of aryl methyl sites for hydroxylation is 2. The second-order valence-corrected chi connectivity index (χ2v) is 6.20. The Kier molecular flexibility index (Phi) is 5.13. The van der Waals surface area contributed by atoms with E-state index in [2.05, 4.69) is 26.7 Å². The van der Waals surface area contributed by atoms with Crippen molar-refractivity contribution < 1.29 is 4.79 Å². The van der Waals surface area contributed by atoms with Gasteiger partial charge >= 0.3 is 0 Å². The number of nitriles is 1. The van der Waals surface area contributed by atoms with Crippen LogP contribution in [0.5, 0.6) is 0 Å². The highest BCUT2D eigenvalue weighted by atomic mass is 16.1. The Morgan fingerprint density at radius 2 is 1.78 bits per heavy atom.